The Morgan fingerprint density at radius 3 is 2.45 bits per heavy atom. The van der Waals surface area contributed by atoms with Crippen LogP contribution in [0.4, 0.5) is 0 Å². The molecular formula is C33H32Cl2N4O4S. The van der Waals surface area contributed by atoms with Crippen molar-refractivity contribution in [3.8, 4) is 16.7 Å². The number of carbonyl (C=O) groups excluding carboxylic acids is 1. The molecule has 3 aromatic carbocycles. The quantitative estimate of drug-likeness (QED) is 0.186. The molecule has 1 N–H and O–H groups in total. The maximum atomic E-state index is 11.9. The lowest BCUT2D eigenvalue weighted by atomic mass is 9.93. The Labute approximate surface area is 270 Å². The molecule has 0 aliphatic carbocycles. The summed E-state index contributed by atoms with van der Waals surface area (Å²) in [6.07, 6.45) is 3.61. The number of halogens is 2. The minimum absolute atomic E-state index is 0.184. The number of rotatable bonds is 7. The molecule has 7 rings (SSSR count). The number of methoxy groups -OCH3 is 1. The summed E-state index contributed by atoms with van der Waals surface area (Å²) in [6.45, 7) is 4.98. The van der Waals surface area contributed by atoms with E-state index in [1.54, 1.807) is 30.6 Å². The van der Waals surface area contributed by atoms with Gasteiger partial charge in [-0.2, -0.15) is 0 Å². The molecule has 1 atom stereocenters. The minimum Gasteiger partial charge on any atom is -0.497 e. The Bertz CT molecular complexity index is 1700. The van der Waals surface area contributed by atoms with E-state index in [1.807, 2.05) is 65.7 Å². The van der Waals surface area contributed by atoms with E-state index in [1.165, 1.54) is 10.4 Å². The summed E-state index contributed by atoms with van der Waals surface area (Å²) in [6, 6.07) is 20.8. The lowest BCUT2D eigenvalue weighted by molar-refractivity contribution is -0.120. The zero-order chi connectivity index (χ0) is 30.5. The van der Waals surface area contributed by atoms with Gasteiger partial charge in [0.25, 0.3) is 5.19 Å². The molecule has 0 unspecified atom stereocenters. The summed E-state index contributed by atoms with van der Waals surface area (Å²) in [4.78, 5) is 25.3. The van der Waals surface area contributed by atoms with E-state index >= 15 is 0 Å². The molecule has 4 heterocycles. The summed E-state index contributed by atoms with van der Waals surface area (Å²) in [7, 11) is 1.63. The fourth-order valence-electron chi connectivity index (χ4n) is 5.53. The average molecular weight is 652 g/mol. The smallest absolute Gasteiger partial charge is 0.278 e. The van der Waals surface area contributed by atoms with Crippen molar-refractivity contribution in [2.24, 2.45) is 0 Å². The van der Waals surface area contributed by atoms with Crippen LogP contribution in [0.25, 0.3) is 10.9 Å². The van der Waals surface area contributed by atoms with Crippen molar-refractivity contribution < 1.29 is 19.0 Å². The fraction of sp³-hybridized carbons (Fsp3) is 0.273. The van der Waals surface area contributed by atoms with E-state index in [0.29, 0.717) is 16.8 Å². The zero-order valence-electron chi connectivity index (χ0n) is 24.2. The van der Waals surface area contributed by atoms with Gasteiger partial charge in [-0.1, -0.05) is 46.7 Å². The molecule has 1 amide bonds. The van der Waals surface area contributed by atoms with Crippen LogP contribution in [-0.2, 0) is 22.5 Å². The van der Waals surface area contributed by atoms with Gasteiger partial charge in [0, 0.05) is 63.9 Å². The summed E-state index contributed by atoms with van der Waals surface area (Å²) in [5, 5.41) is 3.20. The first-order valence-electron chi connectivity index (χ1n) is 14.3. The molecule has 0 saturated carbocycles. The molecular weight excluding hydrogens is 619 g/mol. The van der Waals surface area contributed by atoms with Gasteiger partial charge in [0.1, 0.15) is 11.5 Å². The van der Waals surface area contributed by atoms with Crippen LogP contribution < -0.4 is 9.47 Å². The Kier molecular flexibility index (Phi) is 9.69. The van der Waals surface area contributed by atoms with Crippen LogP contribution in [0.15, 0.2) is 72.9 Å². The van der Waals surface area contributed by atoms with E-state index in [9.17, 15) is 4.79 Å². The molecule has 2 aliphatic rings. The largest absolute Gasteiger partial charge is 0.497 e. The highest BCUT2D eigenvalue weighted by molar-refractivity contribution is 7.13. The van der Waals surface area contributed by atoms with E-state index in [-0.39, 0.29) is 6.04 Å². The first-order chi connectivity index (χ1) is 21.5. The van der Waals surface area contributed by atoms with Gasteiger partial charge < -0.3 is 24.1 Å². The van der Waals surface area contributed by atoms with Crippen molar-refractivity contribution in [1.82, 2.24) is 19.8 Å². The maximum Gasteiger partial charge on any atom is 0.278 e. The molecule has 1 saturated heterocycles. The van der Waals surface area contributed by atoms with Crippen LogP contribution in [0.3, 0.4) is 0 Å². The molecule has 2 aromatic heterocycles. The lowest BCUT2D eigenvalue weighted by Crippen LogP contribution is -2.35. The van der Waals surface area contributed by atoms with Gasteiger partial charge in [0.2, 0.25) is 6.41 Å². The van der Waals surface area contributed by atoms with Crippen LogP contribution in [0.5, 0.6) is 16.7 Å². The van der Waals surface area contributed by atoms with Crippen LogP contribution in [0.1, 0.15) is 27.7 Å². The molecule has 44 heavy (non-hydrogen) atoms. The monoisotopic (exact) mass is 650 g/mol. The summed E-state index contributed by atoms with van der Waals surface area (Å²) in [5.74, 6) is 1.55. The fourth-order valence-corrected chi connectivity index (χ4v) is 6.65. The van der Waals surface area contributed by atoms with Crippen molar-refractivity contribution in [2.75, 3.05) is 40.0 Å². The second-order valence-corrected chi connectivity index (χ2v) is 12.5. The Morgan fingerprint density at radius 2 is 1.73 bits per heavy atom. The number of hydrogen-bond donors (Lipinski definition) is 1. The predicted octanol–water partition coefficient (Wildman–Crippen LogP) is 7.35. The lowest BCUT2D eigenvalue weighted by Gasteiger charge is -2.33. The van der Waals surface area contributed by atoms with Gasteiger partial charge in [0.05, 0.1) is 26.4 Å². The van der Waals surface area contributed by atoms with Gasteiger partial charge in [-0.25, -0.2) is 4.98 Å². The number of fused-ring (bicyclic) bond motifs is 3. The molecule has 8 nitrogen and oxygen atoms in total. The Morgan fingerprint density at radius 1 is 1.00 bits per heavy atom. The first kappa shape index (κ1) is 30.4. The van der Waals surface area contributed by atoms with E-state index in [4.69, 9.17) is 37.4 Å². The van der Waals surface area contributed by atoms with Crippen LogP contribution in [0.2, 0.25) is 10.0 Å². The number of hydrogen-bond acceptors (Lipinski definition) is 7. The molecule has 0 spiro atoms. The van der Waals surface area contributed by atoms with Gasteiger partial charge in [0.15, 0.2) is 0 Å². The number of nitrogens with zero attached hydrogens (tertiary/aromatic N) is 3. The predicted molar refractivity (Wildman–Crippen MR) is 174 cm³/mol. The van der Waals surface area contributed by atoms with Crippen molar-refractivity contribution in [1.29, 1.82) is 0 Å². The number of benzene rings is 3. The van der Waals surface area contributed by atoms with E-state index in [0.717, 1.165) is 84.4 Å². The number of carbonyl (C=O) groups is 1. The number of aromatic nitrogens is 2. The van der Waals surface area contributed by atoms with Gasteiger partial charge in [-0.15, -0.1) is 0 Å². The molecule has 2 aliphatic heterocycles. The number of morpholine rings is 1. The van der Waals surface area contributed by atoms with E-state index in [2.05, 4.69) is 14.9 Å². The Balaban J connectivity index is 0.000000329. The SMILES string of the molecule is COc1ccc(Cl)cc1.O=CN1CCc2c([nH]c3ccc(Cl)cc23)[C@@H]1c1ccc(Oc2ncc(CN3CCOCC3)s2)cc1. The first-order valence-corrected chi connectivity index (χ1v) is 15.9. The van der Waals surface area contributed by atoms with Crippen LogP contribution in [-0.4, -0.2) is 66.1 Å². The number of thiazole rings is 1. The topological polar surface area (TPSA) is 79.9 Å². The second kappa shape index (κ2) is 14.0. The van der Waals surface area contributed by atoms with Gasteiger partial charge >= 0.3 is 0 Å². The molecule has 0 bridgehead atoms. The minimum atomic E-state index is -0.184. The number of H-pyrrole nitrogens is 1. The highest BCUT2D eigenvalue weighted by atomic mass is 35.5. The third-order valence-corrected chi connectivity index (χ3v) is 9.07. The molecule has 1 fully saturated rings. The number of aromatic amines is 1. The standard InChI is InChI=1S/C26H25ClN4O3S.C7H7ClO/c27-18-3-6-23-22(13-18)21-7-8-31(16-32)25(24(21)29-23)17-1-4-19(5-2-17)34-26-28-14-20(35-26)15-30-9-11-33-12-10-30;1-9-7-4-2-6(8)3-5-7/h1-6,13-14,16,25,29H,7-12,15H2;2-5H,1H3/t25-;/m0./s1. The van der Waals surface area contributed by atoms with Crippen LogP contribution in [0, 0.1) is 0 Å². The van der Waals surface area contributed by atoms with Crippen LogP contribution >= 0.6 is 34.5 Å². The summed E-state index contributed by atoms with van der Waals surface area (Å²) < 4.78 is 16.4. The van der Waals surface area contributed by atoms with E-state index < -0.39 is 0 Å². The molecule has 228 valence electrons. The summed E-state index contributed by atoms with van der Waals surface area (Å²) >= 11 is 13.4. The average Bonchev–Trinajstić information content (AvgIpc) is 3.65. The second-order valence-electron chi connectivity index (χ2n) is 10.5. The Hall–Kier alpha value is -3.60. The van der Waals surface area contributed by atoms with Gasteiger partial charge in [-0.05, 0) is 72.1 Å². The third-order valence-electron chi connectivity index (χ3n) is 7.73. The number of amides is 1. The summed E-state index contributed by atoms with van der Waals surface area (Å²) in [5.41, 5.74) is 4.33. The number of ether oxygens (including phenoxy) is 3. The molecule has 0 radical (unpaired) electrons. The van der Waals surface area contributed by atoms with Crippen molar-refractivity contribution >= 4 is 51.9 Å². The van der Waals surface area contributed by atoms with Crippen molar-refractivity contribution in [2.45, 2.75) is 19.0 Å². The van der Waals surface area contributed by atoms with Gasteiger partial charge in [-0.3, -0.25) is 9.69 Å². The number of nitrogens with one attached hydrogen (secondary N) is 1. The third kappa shape index (κ3) is 7.03. The highest BCUT2D eigenvalue weighted by Crippen LogP contribution is 2.39. The highest BCUT2D eigenvalue weighted by Gasteiger charge is 2.31. The molecule has 11 heteroatoms. The molecule has 5 aromatic rings. The van der Waals surface area contributed by atoms with Crippen molar-refractivity contribution in [3.05, 3.63) is 105 Å². The maximum absolute atomic E-state index is 11.9. The normalized spacial score (nSPS) is 16.6. The zero-order valence-corrected chi connectivity index (χ0v) is 26.5. The van der Waals surface area contributed by atoms with Crippen molar-refractivity contribution in [3.63, 3.8) is 0 Å².